The van der Waals surface area contributed by atoms with Gasteiger partial charge in [0.25, 0.3) is 0 Å². The highest BCUT2D eigenvalue weighted by atomic mass is 16.5. The van der Waals surface area contributed by atoms with E-state index in [4.69, 9.17) is 4.74 Å². The van der Waals surface area contributed by atoms with Gasteiger partial charge in [-0.2, -0.15) is 0 Å². The van der Waals surface area contributed by atoms with E-state index < -0.39 is 6.10 Å². The van der Waals surface area contributed by atoms with E-state index in [-0.39, 0.29) is 5.41 Å². The average Bonchev–Trinajstić information content (AvgIpc) is 2.15. The lowest BCUT2D eigenvalue weighted by molar-refractivity contribution is 0.194. The van der Waals surface area contributed by atoms with Crippen LogP contribution in [0.5, 0.6) is 5.75 Å². The van der Waals surface area contributed by atoms with Gasteiger partial charge in [0.2, 0.25) is 0 Å². The highest BCUT2D eigenvalue weighted by Gasteiger charge is 2.17. The Balaban J connectivity index is 3.22. The molecule has 1 N–H and O–H groups in total. The molecule has 0 bridgehead atoms. The lowest BCUT2D eigenvalue weighted by Crippen LogP contribution is -2.12. The molecule has 0 heterocycles. The van der Waals surface area contributed by atoms with Crippen LogP contribution in [-0.2, 0) is 5.41 Å². The maximum absolute atomic E-state index is 9.65. The Morgan fingerprint density at radius 3 is 2.27 bits per heavy atom. The largest absolute Gasteiger partial charge is 0.496 e. The molecule has 0 fully saturated rings. The first kappa shape index (κ1) is 12.1. The number of aliphatic hydroxyl groups excluding tert-OH is 1. The molecule has 2 nitrogen and oxygen atoms in total. The van der Waals surface area contributed by atoms with Crippen LogP contribution in [0.4, 0.5) is 0 Å². The molecule has 0 saturated heterocycles. The van der Waals surface area contributed by atoms with Gasteiger partial charge in [-0.15, -0.1) is 0 Å². The third-order valence-corrected chi connectivity index (χ3v) is 2.55. The Hall–Kier alpha value is -1.02. The molecular formula is C13H20O2. The molecule has 0 saturated carbocycles. The van der Waals surface area contributed by atoms with Crippen molar-refractivity contribution in [1.82, 2.24) is 0 Å². The van der Waals surface area contributed by atoms with Gasteiger partial charge in [0.1, 0.15) is 5.75 Å². The van der Waals surface area contributed by atoms with E-state index in [1.807, 2.05) is 18.2 Å². The van der Waals surface area contributed by atoms with Crippen LogP contribution in [0.25, 0.3) is 0 Å². The molecule has 0 amide bonds. The second-order valence-corrected chi connectivity index (χ2v) is 4.88. The quantitative estimate of drug-likeness (QED) is 0.809. The highest BCUT2D eigenvalue weighted by Crippen LogP contribution is 2.31. The van der Waals surface area contributed by atoms with E-state index >= 15 is 0 Å². The summed E-state index contributed by atoms with van der Waals surface area (Å²) in [4.78, 5) is 0. The number of benzene rings is 1. The number of methoxy groups -OCH3 is 1. The van der Waals surface area contributed by atoms with E-state index in [1.54, 1.807) is 14.0 Å². The third-order valence-electron chi connectivity index (χ3n) is 2.55. The Kier molecular flexibility index (Phi) is 3.40. The fraction of sp³-hybridized carbons (Fsp3) is 0.538. The molecule has 0 aliphatic heterocycles. The van der Waals surface area contributed by atoms with E-state index in [0.717, 1.165) is 11.3 Å². The van der Waals surface area contributed by atoms with E-state index in [0.29, 0.717) is 0 Å². The zero-order valence-electron chi connectivity index (χ0n) is 10.2. The van der Waals surface area contributed by atoms with Gasteiger partial charge in [-0.3, -0.25) is 0 Å². The molecule has 1 unspecified atom stereocenters. The first-order chi connectivity index (χ1) is 6.86. The van der Waals surface area contributed by atoms with Crippen LogP contribution in [0.2, 0.25) is 0 Å². The van der Waals surface area contributed by atoms with Crippen LogP contribution >= 0.6 is 0 Å². The summed E-state index contributed by atoms with van der Waals surface area (Å²) in [6, 6.07) is 5.98. The summed E-state index contributed by atoms with van der Waals surface area (Å²) in [5, 5.41) is 9.65. The molecule has 1 rings (SSSR count). The van der Waals surface area contributed by atoms with Gasteiger partial charge in [0.05, 0.1) is 13.2 Å². The summed E-state index contributed by atoms with van der Waals surface area (Å²) < 4.78 is 5.21. The van der Waals surface area contributed by atoms with Crippen LogP contribution in [0.15, 0.2) is 18.2 Å². The summed E-state index contributed by atoms with van der Waals surface area (Å²) in [7, 11) is 1.62. The van der Waals surface area contributed by atoms with Crippen LogP contribution < -0.4 is 4.74 Å². The molecule has 0 aromatic heterocycles. The Morgan fingerprint density at radius 1 is 1.27 bits per heavy atom. The molecule has 0 aliphatic rings. The van der Waals surface area contributed by atoms with Crippen molar-refractivity contribution >= 4 is 0 Å². The molecule has 1 aromatic rings. The van der Waals surface area contributed by atoms with Gasteiger partial charge >= 0.3 is 0 Å². The van der Waals surface area contributed by atoms with Gasteiger partial charge in [0, 0.05) is 5.56 Å². The molecular weight excluding hydrogens is 188 g/mol. The average molecular weight is 208 g/mol. The second kappa shape index (κ2) is 4.23. The van der Waals surface area contributed by atoms with Crippen molar-refractivity contribution in [3.63, 3.8) is 0 Å². The van der Waals surface area contributed by atoms with Crippen molar-refractivity contribution in [2.24, 2.45) is 0 Å². The summed E-state index contributed by atoms with van der Waals surface area (Å²) in [6.07, 6.45) is -0.498. The molecule has 0 spiro atoms. The van der Waals surface area contributed by atoms with Crippen molar-refractivity contribution in [1.29, 1.82) is 0 Å². The van der Waals surface area contributed by atoms with Crippen molar-refractivity contribution < 1.29 is 9.84 Å². The van der Waals surface area contributed by atoms with Gasteiger partial charge in [0.15, 0.2) is 0 Å². The van der Waals surface area contributed by atoms with Gasteiger partial charge < -0.3 is 9.84 Å². The van der Waals surface area contributed by atoms with Crippen molar-refractivity contribution in [3.8, 4) is 5.75 Å². The van der Waals surface area contributed by atoms with E-state index in [9.17, 15) is 5.11 Å². The molecule has 0 aliphatic carbocycles. The summed E-state index contributed by atoms with van der Waals surface area (Å²) in [5.41, 5.74) is 2.15. The minimum Gasteiger partial charge on any atom is -0.496 e. The van der Waals surface area contributed by atoms with Gasteiger partial charge in [-0.05, 0) is 30.0 Å². The number of aliphatic hydroxyl groups is 1. The summed E-state index contributed by atoms with van der Waals surface area (Å²) in [6.45, 7) is 8.21. The summed E-state index contributed by atoms with van der Waals surface area (Å²) in [5.74, 6) is 0.748. The molecule has 0 radical (unpaired) electrons. The van der Waals surface area contributed by atoms with Crippen molar-refractivity contribution in [2.75, 3.05) is 7.11 Å². The van der Waals surface area contributed by atoms with Crippen LogP contribution in [0.1, 0.15) is 44.9 Å². The number of ether oxygens (including phenoxy) is 1. The minimum atomic E-state index is -0.498. The first-order valence-electron chi connectivity index (χ1n) is 5.22. The van der Waals surface area contributed by atoms with E-state index in [2.05, 4.69) is 20.8 Å². The lowest BCUT2D eigenvalue weighted by Gasteiger charge is -2.21. The number of rotatable bonds is 2. The monoisotopic (exact) mass is 208 g/mol. The number of hydrogen-bond donors (Lipinski definition) is 1. The second-order valence-electron chi connectivity index (χ2n) is 4.88. The zero-order chi connectivity index (χ0) is 11.6. The lowest BCUT2D eigenvalue weighted by atomic mass is 9.85. The fourth-order valence-corrected chi connectivity index (χ4v) is 1.53. The van der Waals surface area contributed by atoms with Crippen LogP contribution in [0.3, 0.4) is 0 Å². The standard InChI is InChI=1S/C13H20O2/c1-9(14)11-8-10(13(2,3)4)6-7-12(11)15-5/h6-9,14H,1-5H3. The maximum atomic E-state index is 9.65. The highest BCUT2D eigenvalue weighted by molar-refractivity contribution is 5.40. The van der Waals surface area contributed by atoms with Crippen molar-refractivity contribution in [2.45, 2.75) is 39.2 Å². The van der Waals surface area contributed by atoms with Crippen LogP contribution in [-0.4, -0.2) is 12.2 Å². The molecule has 1 aromatic carbocycles. The number of hydrogen-bond acceptors (Lipinski definition) is 2. The predicted molar refractivity (Wildman–Crippen MR) is 62.3 cm³/mol. The molecule has 2 heteroatoms. The molecule has 1 atom stereocenters. The van der Waals surface area contributed by atoms with Gasteiger partial charge in [-0.25, -0.2) is 0 Å². The fourth-order valence-electron chi connectivity index (χ4n) is 1.53. The maximum Gasteiger partial charge on any atom is 0.124 e. The SMILES string of the molecule is COc1ccc(C(C)(C)C)cc1C(C)O. The molecule has 84 valence electrons. The topological polar surface area (TPSA) is 29.5 Å². The predicted octanol–water partition coefficient (Wildman–Crippen LogP) is 3.05. The van der Waals surface area contributed by atoms with Gasteiger partial charge in [-0.1, -0.05) is 26.8 Å². The zero-order valence-corrected chi connectivity index (χ0v) is 10.2. The third kappa shape index (κ3) is 2.72. The Bertz CT molecular complexity index is 335. The Labute approximate surface area is 91.9 Å². The van der Waals surface area contributed by atoms with E-state index in [1.165, 1.54) is 5.56 Å². The molecule has 15 heavy (non-hydrogen) atoms. The minimum absolute atomic E-state index is 0.0932. The smallest absolute Gasteiger partial charge is 0.124 e. The Morgan fingerprint density at radius 2 is 1.87 bits per heavy atom. The van der Waals surface area contributed by atoms with Crippen molar-refractivity contribution in [3.05, 3.63) is 29.3 Å². The first-order valence-corrected chi connectivity index (χ1v) is 5.22. The summed E-state index contributed by atoms with van der Waals surface area (Å²) >= 11 is 0. The normalized spacial score (nSPS) is 13.7. The van der Waals surface area contributed by atoms with Crippen LogP contribution in [0, 0.1) is 0 Å².